The average Bonchev–Trinajstić information content (AvgIpc) is 2.24. The molecule has 0 aliphatic carbocycles. The summed E-state index contributed by atoms with van der Waals surface area (Å²) in [7, 11) is 0. The van der Waals surface area contributed by atoms with E-state index in [9.17, 15) is 4.79 Å². The Morgan fingerprint density at radius 3 is 2.41 bits per heavy atom. The zero-order valence-electron chi connectivity index (χ0n) is 8.90. The second kappa shape index (κ2) is 6.87. The van der Waals surface area contributed by atoms with Crippen LogP contribution >= 0.6 is 34.8 Å². The number of hydrogen-bond donors (Lipinski definition) is 2. The van der Waals surface area contributed by atoms with E-state index in [0.29, 0.717) is 27.3 Å². The Bertz CT molecular complexity index is 412. The van der Waals surface area contributed by atoms with Crippen molar-refractivity contribution in [2.24, 2.45) is 0 Å². The normalized spacial score (nSPS) is 10.1. The number of hydrogen-bond acceptors (Lipinski definition) is 2. The van der Waals surface area contributed by atoms with Gasteiger partial charge in [-0.1, -0.05) is 40.9 Å². The third-order valence-electron chi connectivity index (χ3n) is 1.85. The fourth-order valence-corrected chi connectivity index (χ4v) is 2.04. The fourth-order valence-electron chi connectivity index (χ4n) is 1.13. The summed E-state index contributed by atoms with van der Waals surface area (Å²) >= 11 is 17.6. The molecule has 0 saturated heterocycles. The monoisotopic (exact) mass is 292 g/mol. The Balaban J connectivity index is 2.68. The van der Waals surface area contributed by atoms with E-state index >= 15 is 0 Å². The Hall–Kier alpha value is -0.740. The molecule has 0 atom stereocenters. The zero-order chi connectivity index (χ0) is 12.8. The number of halogens is 3. The molecule has 0 radical (unpaired) electrons. The molecule has 17 heavy (non-hydrogen) atoms. The largest absolute Gasteiger partial charge is 0.322 e. The number of anilines is 1. The van der Waals surface area contributed by atoms with Crippen molar-refractivity contribution in [3.8, 4) is 0 Å². The molecule has 0 unspecified atom stereocenters. The highest BCUT2D eigenvalue weighted by Gasteiger charge is 2.10. The first-order valence-electron chi connectivity index (χ1n) is 4.80. The van der Waals surface area contributed by atoms with E-state index in [1.807, 2.05) is 0 Å². The molecule has 0 saturated carbocycles. The molecule has 0 aliphatic rings. The molecule has 6 heteroatoms. The van der Waals surface area contributed by atoms with E-state index in [4.69, 9.17) is 34.8 Å². The van der Waals surface area contributed by atoms with Gasteiger partial charge in [0.05, 0.1) is 22.3 Å². The lowest BCUT2D eigenvalue weighted by Crippen LogP contribution is -2.28. The third-order valence-corrected chi connectivity index (χ3v) is 2.66. The van der Waals surface area contributed by atoms with E-state index < -0.39 is 0 Å². The summed E-state index contributed by atoms with van der Waals surface area (Å²) < 4.78 is 0. The molecule has 0 bridgehead atoms. The van der Waals surface area contributed by atoms with Crippen LogP contribution < -0.4 is 10.6 Å². The lowest BCUT2D eigenvalue weighted by molar-refractivity contribution is -0.115. The topological polar surface area (TPSA) is 41.1 Å². The first-order chi connectivity index (χ1) is 8.04. The van der Waals surface area contributed by atoms with Crippen molar-refractivity contribution in [3.05, 3.63) is 39.9 Å². The van der Waals surface area contributed by atoms with Crippen molar-refractivity contribution < 1.29 is 4.79 Å². The van der Waals surface area contributed by atoms with Gasteiger partial charge < -0.3 is 10.6 Å². The smallest absolute Gasteiger partial charge is 0.238 e. The van der Waals surface area contributed by atoms with Crippen LogP contribution in [0.25, 0.3) is 0 Å². The van der Waals surface area contributed by atoms with Gasteiger partial charge >= 0.3 is 0 Å². The van der Waals surface area contributed by atoms with Crippen molar-refractivity contribution >= 4 is 46.4 Å². The molecular formula is C11H11Cl3N2O. The summed E-state index contributed by atoms with van der Waals surface area (Å²) in [5.41, 5.74) is 0.364. The first-order valence-corrected chi connectivity index (χ1v) is 5.94. The van der Waals surface area contributed by atoms with E-state index in [1.54, 1.807) is 6.08 Å². The van der Waals surface area contributed by atoms with Crippen LogP contribution in [0.3, 0.4) is 0 Å². The summed E-state index contributed by atoms with van der Waals surface area (Å²) in [6.07, 6.45) is 1.66. The molecule has 1 rings (SSSR count). The summed E-state index contributed by atoms with van der Waals surface area (Å²) in [6.45, 7) is 4.23. The van der Waals surface area contributed by atoms with Crippen molar-refractivity contribution in [1.29, 1.82) is 0 Å². The lowest BCUT2D eigenvalue weighted by Gasteiger charge is -2.09. The van der Waals surface area contributed by atoms with Crippen LogP contribution in [0.4, 0.5) is 5.69 Å². The molecule has 0 fully saturated rings. The average molecular weight is 294 g/mol. The molecule has 0 heterocycles. The highest BCUT2D eigenvalue weighted by atomic mass is 35.5. The van der Waals surface area contributed by atoms with Crippen molar-refractivity contribution in [2.75, 3.05) is 18.4 Å². The Kier molecular flexibility index (Phi) is 5.78. The summed E-state index contributed by atoms with van der Waals surface area (Å²) in [5, 5.41) is 6.50. The molecule has 1 amide bonds. The second-order valence-corrected chi connectivity index (χ2v) is 4.46. The lowest BCUT2D eigenvalue weighted by atomic mass is 10.3. The van der Waals surface area contributed by atoms with E-state index in [2.05, 4.69) is 17.2 Å². The molecule has 0 spiro atoms. The van der Waals surface area contributed by atoms with Gasteiger partial charge in [-0.15, -0.1) is 6.58 Å². The maximum absolute atomic E-state index is 11.5. The number of carbonyl (C=O) groups excluding carboxylic acids is 1. The van der Waals surface area contributed by atoms with Crippen LogP contribution in [0.2, 0.25) is 15.1 Å². The van der Waals surface area contributed by atoms with E-state index in [0.717, 1.165) is 0 Å². The van der Waals surface area contributed by atoms with Gasteiger partial charge in [-0.25, -0.2) is 0 Å². The predicted octanol–water partition coefficient (Wildman–Crippen LogP) is 3.36. The second-order valence-electron chi connectivity index (χ2n) is 3.21. The molecule has 3 nitrogen and oxygen atoms in total. The molecule has 0 aliphatic heterocycles. The quantitative estimate of drug-likeness (QED) is 0.645. The van der Waals surface area contributed by atoms with Crippen LogP contribution in [-0.2, 0) is 4.79 Å². The molecule has 1 aromatic carbocycles. The van der Waals surface area contributed by atoms with Crippen LogP contribution in [-0.4, -0.2) is 19.0 Å². The van der Waals surface area contributed by atoms with Crippen molar-refractivity contribution in [3.63, 3.8) is 0 Å². The Morgan fingerprint density at radius 1 is 1.29 bits per heavy atom. The van der Waals surface area contributed by atoms with Gasteiger partial charge in [-0.05, 0) is 12.1 Å². The van der Waals surface area contributed by atoms with Gasteiger partial charge in [0.25, 0.3) is 0 Å². The number of carbonyl (C=O) groups is 1. The van der Waals surface area contributed by atoms with Gasteiger partial charge in [0.1, 0.15) is 0 Å². The maximum atomic E-state index is 11.5. The van der Waals surface area contributed by atoms with Gasteiger partial charge in [0, 0.05) is 11.6 Å². The molecule has 1 aromatic rings. The van der Waals surface area contributed by atoms with Crippen molar-refractivity contribution in [1.82, 2.24) is 5.32 Å². The summed E-state index contributed by atoms with van der Waals surface area (Å²) in [4.78, 5) is 11.5. The summed E-state index contributed by atoms with van der Waals surface area (Å²) in [6, 6.07) is 3.03. The SMILES string of the molecule is C=CCNCC(=O)Nc1c(Cl)cc(Cl)cc1Cl. The highest BCUT2D eigenvalue weighted by Crippen LogP contribution is 2.33. The number of nitrogens with one attached hydrogen (secondary N) is 2. The van der Waals surface area contributed by atoms with Gasteiger partial charge in [-0.3, -0.25) is 4.79 Å². The molecular weight excluding hydrogens is 282 g/mol. The zero-order valence-corrected chi connectivity index (χ0v) is 11.2. The Morgan fingerprint density at radius 2 is 1.88 bits per heavy atom. The molecule has 92 valence electrons. The van der Waals surface area contributed by atoms with Gasteiger partial charge in [0.15, 0.2) is 0 Å². The van der Waals surface area contributed by atoms with Gasteiger partial charge in [0.2, 0.25) is 5.91 Å². The predicted molar refractivity (Wildman–Crippen MR) is 73.2 cm³/mol. The van der Waals surface area contributed by atoms with Crippen LogP contribution in [0.15, 0.2) is 24.8 Å². The Labute approximate surface area is 115 Å². The fraction of sp³-hybridized carbons (Fsp3) is 0.182. The minimum atomic E-state index is -0.238. The van der Waals surface area contributed by atoms with E-state index in [-0.39, 0.29) is 12.5 Å². The summed E-state index contributed by atoms with van der Waals surface area (Å²) in [5.74, 6) is -0.238. The van der Waals surface area contributed by atoms with Crippen LogP contribution in [0.5, 0.6) is 0 Å². The van der Waals surface area contributed by atoms with Crippen molar-refractivity contribution in [2.45, 2.75) is 0 Å². The van der Waals surface area contributed by atoms with E-state index in [1.165, 1.54) is 12.1 Å². The van der Waals surface area contributed by atoms with Gasteiger partial charge in [-0.2, -0.15) is 0 Å². The number of benzene rings is 1. The third kappa shape index (κ3) is 4.56. The molecule has 0 aromatic heterocycles. The standard InChI is InChI=1S/C11H11Cl3N2O/c1-2-3-15-6-10(17)16-11-8(13)4-7(12)5-9(11)14/h2,4-5,15H,1,3,6H2,(H,16,17). The maximum Gasteiger partial charge on any atom is 0.238 e. The highest BCUT2D eigenvalue weighted by molar-refractivity contribution is 6.42. The number of rotatable bonds is 5. The van der Waals surface area contributed by atoms with Crippen LogP contribution in [0.1, 0.15) is 0 Å². The number of amides is 1. The van der Waals surface area contributed by atoms with Crippen LogP contribution in [0, 0.1) is 0 Å². The minimum Gasteiger partial charge on any atom is -0.322 e. The first kappa shape index (κ1) is 14.3. The minimum absolute atomic E-state index is 0.154. The molecule has 2 N–H and O–H groups in total.